The number of aromatic nitrogens is 1. The zero-order valence-electron chi connectivity index (χ0n) is 13.0. The van der Waals surface area contributed by atoms with Gasteiger partial charge in [-0.25, -0.2) is 9.37 Å². The summed E-state index contributed by atoms with van der Waals surface area (Å²) < 4.78 is 13.2. The van der Waals surface area contributed by atoms with Gasteiger partial charge in [0.05, 0.1) is 11.6 Å². The number of hydrogen-bond acceptors (Lipinski definition) is 4. The first-order valence-corrected chi connectivity index (χ1v) is 8.19. The molecule has 0 aliphatic carbocycles. The van der Waals surface area contributed by atoms with Gasteiger partial charge in [0.25, 0.3) is 0 Å². The molecule has 1 aromatic carbocycles. The van der Waals surface area contributed by atoms with E-state index in [1.165, 1.54) is 23.5 Å². The van der Waals surface area contributed by atoms with E-state index in [0.29, 0.717) is 16.3 Å². The number of hydrogen-bond donors (Lipinski definition) is 1. The van der Waals surface area contributed by atoms with Crippen LogP contribution in [-0.4, -0.2) is 21.8 Å². The fourth-order valence-corrected chi connectivity index (χ4v) is 3.09. The molecule has 0 amide bonds. The van der Waals surface area contributed by atoms with Crippen LogP contribution in [0.3, 0.4) is 0 Å². The van der Waals surface area contributed by atoms with Gasteiger partial charge in [-0.2, -0.15) is 0 Å². The molecule has 23 heavy (non-hydrogen) atoms. The lowest BCUT2D eigenvalue weighted by Crippen LogP contribution is -2.23. The van der Waals surface area contributed by atoms with Crippen LogP contribution >= 0.6 is 11.3 Å². The van der Waals surface area contributed by atoms with Gasteiger partial charge in [-0.05, 0) is 18.1 Å². The maximum Gasteiger partial charge on any atom is 0.307 e. The number of thiazole rings is 1. The van der Waals surface area contributed by atoms with Crippen molar-refractivity contribution in [2.75, 3.05) is 0 Å². The van der Waals surface area contributed by atoms with Crippen LogP contribution in [0.4, 0.5) is 4.39 Å². The number of carbonyl (C=O) groups excluding carboxylic acids is 1. The molecule has 0 aliphatic heterocycles. The second kappa shape index (κ2) is 7.46. The van der Waals surface area contributed by atoms with Gasteiger partial charge in [0, 0.05) is 23.8 Å². The van der Waals surface area contributed by atoms with Crippen LogP contribution in [0.1, 0.15) is 26.0 Å². The maximum absolute atomic E-state index is 13.2. The lowest BCUT2D eigenvalue weighted by atomic mass is 9.90. The van der Waals surface area contributed by atoms with Crippen LogP contribution in [0.25, 0.3) is 10.6 Å². The molecular weight excluding hydrogens is 317 g/mol. The largest absolute Gasteiger partial charge is 0.481 e. The van der Waals surface area contributed by atoms with Crippen molar-refractivity contribution >= 4 is 23.1 Å². The van der Waals surface area contributed by atoms with E-state index in [0.717, 1.165) is 0 Å². The van der Waals surface area contributed by atoms with E-state index in [1.807, 2.05) is 0 Å². The van der Waals surface area contributed by atoms with Gasteiger partial charge in [-0.15, -0.1) is 11.3 Å². The van der Waals surface area contributed by atoms with Crippen LogP contribution in [0, 0.1) is 17.7 Å². The normalized spacial score (nSPS) is 12.3. The Labute approximate surface area is 138 Å². The Balaban J connectivity index is 2.04. The molecule has 0 spiro atoms. The van der Waals surface area contributed by atoms with E-state index < -0.39 is 11.9 Å². The SMILES string of the molecule is CC(C)[C@H](CC(=O)Cc1csc(-c2cccc(F)c2)n1)C(=O)O. The zero-order chi connectivity index (χ0) is 17.0. The number of Topliss-reactive ketones (excluding diaryl/α,β-unsaturated/α-hetero) is 1. The van der Waals surface area contributed by atoms with Crippen molar-refractivity contribution in [3.8, 4) is 10.6 Å². The molecule has 0 bridgehead atoms. The Morgan fingerprint density at radius 2 is 2.09 bits per heavy atom. The second-order valence-corrected chi connectivity index (χ2v) is 6.62. The summed E-state index contributed by atoms with van der Waals surface area (Å²) in [6, 6.07) is 6.12. The molecule has 1 heterocycles. The number of benzene rings is 1. The second-order valence-electron chi connectivity index (χ2n) is 5.76. The predicted molar refractivity (Wildman–Crippen MR) is 86.8 cm³/mol. The van der Waals surface area contributed by atoms with Crippen molar-refractivity contribution in [2.24, 2.45) is 11.8 Å². The number of aliphatic carboxylic acids is 1. The topological polar surface area (TPSA) is 67.3 Å². The first-order chi connectivity index (χ1) is 10.9. The van der Waals surface area contributed by atoms with E-state index in [2.05, 4.69) is 4.98 Å². The minimum atomic E-state index is -0.952. The first-order valence-electron chi connectivity index (χ1n) is 7.31. The molecule has 1 atom stereocenters. The Morgan fingerprint density at radius 3 is 2.70 bits per heavy atom. The van der Waals surface area contributed by atoms with Gasteiger partial charge in [-0.3, -0.25) is 9.59 Å². The Hall–Kier alpha value is -2.08. The number of carboxylic acids is 1. The summed E-state index contributed by atoms with van der Waals surface area (Å²) in [4.78, 5) is 27.6. The van der Waals surface area contributed by atoms with Crippen molar-refractivity contribution in [3.63, 3.8) is 0 Å². The quantitative estimate of drug-likeness (QED) is 0.835. The summed E-state index contributed by atoms with van der Waals surface area (Å²) in [5, 5.41) is 11.5. The van der Waals surface area contributed by atoms with Crippen molar-refractivity contribution < 1.29 is 19.1 Å². The number of carboxylic acid groups (broad SMARTS) is 1. The lowest BCUT2D eigenvalue weighted by molar-refractivity contribution is -0.145. The van der Waals surface area contributed by atoms with E-state index in [4.69, 9.17) is 5.11 Å². The number of carbonyl (C=O) groups is 2. The molecule has 0 fully saturated rings. The third-order valence-electron chi connectivity index (χ3n) is 3.57. The molecule has 0 unspecified atom stereocenters. The number of nitrogens with zero attached hydrogens (tertiary/aromatic N) is 1. The van der Waals surface area contributed by atoms with E-state index in [-0.39, 0.29) is 30.4 Å². The summed E-state index contributed by atoms with van der Waals surface area (Å²) in [7, 11) is 0. The van der Waals surface area contributed by atoms with Gasteiger partial charge in [0.15, 0.2) is 0 Å². The fourth-order valence-electron chi connectivity index (χ4n) is 2.27. The smallest absolute Gasteiger partial charge is 0.307 e. The van der Waals surface area contributed by atoms with Crippen LogP contribution in [0.5, 0.6) is 0 Å². The van der Waals surface area contributed by atoms with Gasteiger partial charge in [0.1, 0.15) is 16.6 Å². The average molecular weight is 335 g/mol. The van der Waals surface area contributed by atoms with E-state index in [9.17, 15) is 14.0 Å². The maximum atomic E-state index is 13.2. The van der Waals surface area contributed by atoms with Crippen LogP contribution < -0.4 is 0 Å². The highest BCUT2D eigenvalue weighted by atomic mass is 32.1. The predicted octanol–water partition coefficient (Wildman–Crippen LogP) is 3.81. The molecule has 0 saturated carbocycles. The molecule has 0 radical (unpaired) electrons. The van der Waals surface area contributed by atoms with Crippen molar-refractivity contribution in [1.29, 1.82) is 0 Å². The van der Waals surface area contributed by atoms with Crippen LogP contribution in [0.2, 0.25) is 0 Å². The summed E-state index contributed by atoms with van der Waals surface area (Å²) in [6.45, 7) is 3.58. The molecule has 6 heteroatoms. The van der Waals surface area contributed by atoms with Crippen molar-refractivity contribution in [1.82, 2.24) is 4.98 Å². The molecular formula is C17H18FNO3S. The first kappa shape index (κ1) is 17.3. The molecule has 1 N–H and O–H groups in total. The van der Waals surface area contributed by atoms with E-state index >= 15 is 0 Å². The van der Waals surface area contributed by atoms with Gasteiger partial charge in [-0.1, -0.05) is 26.0 Å². The molecule has 0 saturated heterocycles. The summed E-state index contributed by atoms with van der Waals surface area (Å²) in [5.74, 6) is -2.22. The highest BCUT2D eigenvalue weighted by molar-refractivity contribution is 7.13. The number of halogens is 1. The lowest BCUT2D eigenvalue weighted by Gasteiger charge is -2.14. The Morgan fingerprint density at radius 1 is 1.35 bits per heavy atom. The fraction of sp³-hybridized carbons (Fsp3) is 0.353. The summed E-state index contributed by atoms with van der Waals surface area (Å²) in [6.07, 6.45) is 0.0993. The van der Waals surface area contributed by atoms with Crippen molar-refractivity contribution in [2.45, 2.75) is 26.7 Å². The molecule has 122 valence electrons. The van der Waals surface area contributed by atoms with Gasteiger partial charge in [0.2, 0.25) is 0 Å². The summed E-state index contributed by atoms with van der Waals surface area (Å²) in [5.41, 5.74) is 1.26. The molecule has 4 nitrogen and oxygen atoms in total. The van der Waals surface area contributed by atoms with Gasteiger partial charge < -0.3 is 5.11 Å². The molecule has 0 aliphatic rings. The number of ketones is 1. The van der Waals surface area contributed by atoms with Crippen LogP contribution in [0.15, 0.2) is 29.6 Å². The zero-order valence-corrected chi connectivity index (χ0v) is 13.8. The minimum absolute atomic E-state index is 0.000173. The number of rotatable bonds is 7. The molecule has 2 aromatic rings. The highest BCUT2D eigenvalue weighted by Crippen LogP contribution is 2.25. The van der Waals surface area contributed by atoms with E-state index in [1.54, 1.807) is 31.4 Å². The summed E-state index contributed by atoms with van der Waals surface area (Å²) >= 11 is 1.34. The Kier molecular flexibility index (Phi) is 5.60. The van der Waals surface area contributed by atoms with Crippen molar-refractivity contribution in [3.05, 3.63) is 41.2 Å². The monoisotopic (exact) mass is 335 g/mol. The third-order valence-corrected chi connectivity index (χ3v) is 4.51. The average Bonchev–Trinajstić information content (AvgIpc) is 2.92. The van der Waals surface area contributed by atoms with Crippen LogP contribution in [-0.2, 0) is 16.0 Å². The molecule has 2 rings (SSSR count). The van der Waals surface area contributed by atoms with Gasteiger partial charge >= 0.3 is 5.97 Å². The molecule has 1 aromatic heterocycles. The third kappa shape index (κ3) is 4.69. The minimum Gasteiger partial charge on any atom is -0.481 e. The highest BCUT2D eigenvalue weighted by Gasteiger charge is 2.24. The standard InChI is InChI=1S/C17H18FNO3S/c1-10(2)15(17(21)22)8-14(20)7-13-9-23-16(19-13)11-4-3-5-12(18)6-11/h3-6,9-10,15H,7-8H2,1-2H3,(H,21,22)/t15-/m0/s1. The Bertz CT molecular complexity index is 711.